The number of benzene rings is 1. The highest BCUT2D eigenvalue weighted by Crippen LogP contribution is 2.15. The second kappa shape index (κ2) is 8.34. The number of likely N-dealkylation sites (tertiary alicyclic amines) is 1. The van der Waals surface area contributed by atoms with E-state index in [1.54, 1.807) is 7.11 Å². The number of nitrogens with zero attached hydrogens (tertiary/aromatic N) is 1. The van der Waals surface area contributed by atoms with Crippen molar-refractivity contribution in [2.24, 2.45) is 5.73 Å². The van der Waals surface area contributed by atoms with Crippen molar-refractivity contribution in [1.82, 2.24) is 4.90 Å². The summed E-state index contributed by atoms with van der Waals surface area (Å²) in [6.07, 6.45) is 2.01. The number of methoxy groups -OCH3 is 1. The van der Waals surface area contributed by atoms with Crippen molar-refractivity contribution in [2.45, 2.75) is 31.6 Å². The minimum atomic E-state index is -0.498. The summed E-state index contributed by atoms with van der Waals surface area (Å²) in [4.78, 5) is 2.24. The van der Waals surface area contributed by atoms with E-state index in [1.807, 2.05) is 24.3 Å². The number of piperidine rings is 1. The van der Waals surface area contributed by atoms with E-state index < -0.39 is 6.10 Å². The van der Waals surface area contributed by atoms with Gasteiger partial charge >= 0.3 is 0 Å². The van der Waals surface area contributed by atoms with Crippen molar-refractivity contribution >= 4 is 0 Å². The van der Waals surface area contributed by atoms with Crippen LogP contribution in [-0.2, 0) is 11.3 Å². The summed E-state index contributed by atoms with van der Waals surface area (Å²) in [5.41, 5.74) is 6.63. The van der Waals surface area contributed by atoms with Crippen LogP contribution >= 0.6 is 0 Å². The van der Waals surface area contributed by atoms with Crippen LogP contribution < -0.4 is 10.5 Å². The standard InChI is InChI=1S/C16H26N2O3/c1-20-16-6-3-7-18(11-16)10-14(19)12-21-15-5-2-4-13(8-15)9-17/h2,4-5,8,14,16,19H,3,6-7,9-12,17H2,1H3. The van der Waals surface area contributed by atoms with E-state index >= 15 is 0 Å². The predicted octanol–water partition coefficient (Wildman–Crippen LogP) is 0.996. The number of β-amino-alcohol motifs (C(OH)–C–C–N with tert-alkyl or cyclic N) is 1. The first-order valence-electron chi connectivity index (χ1n) is 7.56. The molecule has 5 nitrogen and oxygen atoms in total. The van der Waals surface area contributed by atoms with Gasteiger partial charge in [0.2, 0.25) is 0 Å². The molecular weight excluding hydrogens is 268 g/mol. The smallest absolute Gasteiger partial charge is 0.119 e. The van der Waals surface area contributed by atoms with Gasteiger partial charge in [0.1, 0.15) is 18.5 Å². The first-order valence-corrected chi connectivity index (χ1v) is 7.56. The SMILES string of the molecule is COC1CCCN(CC(O)COc2cccc(CN)c2)C1. The Kier molecular flexibility index (Phi) is 6.45. The Morgan fingerprint density at radius 1 is 1.48 bits per heavy atom. The molecule has 1 heterocycles. The maximum absolute atomic E-state index is 10.1. The van der Waals surface area contributed by atoms with Crippen LogP contribution in [0.25, 0.3) is 0 Å². The first kappa shape index (κ1) is 16.2. The Morgan fingerprint density at radius 2 is 2.33 bits per heavy atom. The van der Waals surface area contributed by atoms with Gasteiger partial charge in [-0.05, 0) is 37.1 Å². The second-order valence-corrected chi connectivity index (χ2v) is 5.58. The van der Waals surface area contributed by atoms with Crippen molar-refractivity contribution in [3.05, 3.63) is 29.8 Å². The highest BCUT2D eigenvalue weighted by Gasteiger charge is 2.21. The van der Waals surface area contributed by atoms with Crippen molar-refractivity contribution in [1.29, 1.82) is 0 Å². The molecule has 0 bridgehead atoms. The number of aliphatic hydroxyl groups is 1. The van der Waals surface area contributed by atoms with Crippen LogP contribution in [0, 0.1) is 0 Å². The molecule has 0 spiro atoms. The summed E-state index contributed by atoms with van der Waals surface area (Å²) < 4.78 is 11.0. The van der Waals surface area contributed by atoms with Gasteiger partial charge in [-0.2, -0.15) is 0 Å². The molecule has 0 amide bonds. The summed E-state index contributed by atoms with van der Waals surface area (Å²) in [7, 11) is 1.75. The Labute approximate surface area is 126 Å². The van der Waals surface area contributed by atoms with E-state index in [2.05, 4.69) is 4.90 Å². The van der Waals surface area contributed by atoms with Gasteiger partial charge in [0.05, 0.1) is 6.10 Å². The Hall–Kier alpha value is -1.14. The molecule has 0 aliphatic carbocycles. The maximum Gasteiger partial charge on any atom is 0.119 e. The lowest BCUT2D eigenvalue weighted by molar-refractivity contribution is 0.00444. The van der Waals surface area contributed by atoms with Gasteiger partial charge in [-0.25, -0.2) is 0 Å². The quantitative estimate of drug-likeness (QED) is 0.785. The average molecular weight is 294 g/mol. The van der Waals surface area contributed by atoms with Crippen LogP contribution in [0.5, 0.6) is 5.75 Å². The highest BCUT2D eigenvalue weighted by atomic mass is 16.5. The van der Waals surface area contributed by atoms with E-state index in [1.165, 1.54) is 0 Å². The Balaban J connectivity index is 1.75. The van der Waals surface area contributed by atoms with Crippen LogP contribution in [0.15, 0.2) is 24.3 Å². The van der Waals surface area contributed by atoms with E-state index in [-0.39, 0.29) is 6.10 Å². The lowest BCUT2D eigenvalue weighted by Gasteiger charge is -2.33. The predicted molar refractivity (Wildman–Crippen MR) is 82.3 cm³/mol. The average Bonchev–Trinajstić information content (AvgIpc) is 2.53. The molecule has 1 aromatic rings. The van der Waals surface area contributed by atoms with Gasteiger partial charge in [0.25, 0.3) is 0 Å². The van der Waals surface area contributed by atoms with Crippen LogP contribution in [0.1, 0.15) is 18.4 Å². The zero-order valence-electron chi connectivity index (χ0n) is 12.7. The molecule has 5 heteroatoms. The summed E-state index contributed by atoms with van der Waals surface area (Å²) in [5, 5.41) is 10.1. The van der Waals surface area contributed by atoms with Gasteiger partial charge < -0.3 is 20.3 Å². The van der Waals surface area contributed by atoms with Crippen LogP contribution in [0.4, 0.5) is 0 Å². The van der Waals surface area contributed by atoms with Crippen LogP contribution in [-0.4, -0.2) is 55.6 Å². The number of hydrogen-bond donors (Lipinski definition) is 2. The van der Waals surface area contributed by atoms with Crippen molar-refractivity contribution < 1.29 is 14.6 Å². The Bertz CT molecular complexity index is 428. The third-order valence-corrected chi connectivity index (χ3v) is 3.84. The summed E-state index contributed by atoms with van der Waals surface area (Å²) in [6.45, 7) is 3.31. The fourth-order valence-electron chi connectivity index (χ4n) is 2.68. The number of hydrogen-bond acceptors (Lipinski definition) is 5. The van der Waals surface area contributed by atoms with Gasteiger partial charge in [-0.15, -0.1) is 0 Å². The van der Waals surface area contributed by atoms with Crippen molar-refractivity contribution in [3.63, 3.8) is 0 Å². The fraction of sp³-hybridized carbons (Fsp3) is 0.625. The lowest BCUT2D eigenvalue weighted by atomic mass is 10.1. The Morgan fingerprint density at radius 3 is 3.10 bits per heavy atom. The van der Waals surface area contributed by atoms with Gasteiger partial charge in [0, 0.05) is 26.7 Å². The molecule has 1 aliphatic rings. The summed E-state index contributed by atoms with van der Waals surface area (Å²) >= 11 is 0. The maximum atomic E-state index is 10.1. The number of aliphatic hydroxyl groups excluding tert-OH is 1. The minimum absolute atomic E-state index is 0.285. The molecule has 2 atom stereocenters. The third kappa shape index (κ3) is 5.28. The normalized spacial score (nSPS) is 21.2. The summed E-state index contributed by atoms with van der Waals surface area (Å²) in [5.74, 6) is 0.755. The molecule has 2 unspecified atom stereocenters. The molecule has 1 saturated heterocycles. The molecule has 0 radical (unpaired) electrons. The third-order valence-electron chi connectivity index (χ3n) is 3.84. The van der Waals surface area contributed by atoms with Gasteiger partial charge in [0.15, 0.2) is 0 Å². The molecule has 0 aromatic heterocycles. The molecule has 1 aromatic carbocycles. The lowest BCUT2D eigenvalue weighted by Crippen LogP contribution is -2.44. The molecule has 1 fully saturated rings. The van der Waals surface area contributed by atoms with E-state index in [0.717, 1.165) is 37.2 Å². The fourth-order valence-corrected chi connectivity index (χ4v) is 2.68. The molecule has 2 rings (SSSR count). The minimum Gasteiger partial charge on any atom is -0.491 e. The summed E-state index contributed by atoms with van der Waals surface area (Å²) in [6, 6.07) is 7.67. The van der Waals surface area contributed by atoms with E-state index in [4.69, 9.17) is 15.2 Å². The topological polar surface area (TPSA) is 68.0 Å². The highest BCUT2D eigenvalue weighted by molar-refractivity contribution is 5.28. The van der Waals surface area contributed by atoms with Gasteiger partial charge in [-0.1, -0.05) is 12.1 Å². The van der Waals surface area contributed by atoms with Gasteiger partial charge in [-0.3, -0.25) is 4.90 Å². The molecule has 1 aliphatic heterocycles. The molecule has 118 valence electrons. The monoisotopic (exact) mass is 294 g/mol. The largest absolute Gasteiger partial charge is 0.491 e. The molecule has 0 saturated carbocycles. The number of rotatable bonds is 7. The number of nitrogens with two attached hydrogens (primary N) is 1. The van der Waals surface area contributed by atoms with Crippen LogP contribution in [0.3, 0.4) is 0 Å². The zero-order chi connectivity index (χ0) is 15.1. The van der Waals surface area contributed by atoms with E-state index in [0.29, 0.717) is 19.7 Å². The first-order chi connectivity index (χ1) is 10.2. The zero-order valence-corrected chi connectivity index (χ0v) is 12.7. The van der Waals surface area contributed by atoms with Crippen molar-refractivity contribution in [2.75, 3.05) is 33.4 Å². The van der Waals surface area contributed by atoms with E-state index in [9.17, 15) is 5.11 Å². The molecule has 3 N–H and O–H groups in total. The van der Waals surface area contributed by atoms with Crippen molar-refractivity contribution in [3.8, 4) is 5.75 Å². The van der Waals surface area contributed by atoms with Crippen LogP contribution in [0.2, 0.25) is 0 Å². The molecular formula is C16H26N2O3. The second-order valence-electron chi connectivity index (χ2n) is 5.58. The molecule has 21 heavy (non-hydrogen) atoms. The number of ether oxygens (including phenoxy) is 2.